The predicted molar refractivity (Wildman–Crippen MR) is 90.5 cm³/mol. The molecule has 0 bridgehead atoms. The normalized spacial score (nSPS) is 25.0. The van der Waals surface area contributed by atoms with Crippen molar-refractivity contribution < 1.29 is 14.6 Å². The average molecular weight is 323 g/mol. The van der Waals surface area contributed by atoms with Gasteiger partial charge in [-0.2, -0.15) is 0 Å². The highest BCUT2D eigenvalue weighted by molar-refractivity contribution is 5.77. The van der Waals surface area contributed by atoms with Gasteiger partial charge in [-0.3, -0.25) is 4.79 Å². The second-order valence-electron chi connectivity index (χ2n) is 6.53. The van der Waals surface area contributed by atoms with Gasteiger partial charge in [-0.25, -0.2) is 0 Å². The van der Waals surface area contributed by atoms with Crippen molar-refractivity contribution in [3.63, 3.8) is 0 Å². The van der Waals surface area contributed by atoms with Gasteiger partial charge in [-0.1, -0.05) is 48.5 Å². The first-order chi connectivity index (χ1) is 11.7. The highest BCUT2D eigenvalue weighted by Gasteiger charge is 2.32. The molecule has 1 aliphatic heterocycles. The molecule has 0 fully saturated rings. The molecule has 2 aliphatic rings. The number of ether oxygens (including phenoxy) is 1. The highest BCUT2D eigenvalue weighted by atomic mass is 16.5. The van der Waals surface area contributed by atoms with Crippen LogP contribution < -0.4 is 5.32 Å². The third-order valence-electron chi connectivity index (χ3n) is 4.98. The molecule has 2 aromatic carbocycles. The van der Waals surface area contributed by atoms with Crippen molar-refractivity contribution in [2.75, 3.05) is 6.61 Å². The number of benzene rings is 2. The number of aliphatic hydroxyl groups is 1. The highest BCUT2D eigenvalue weighted by Crippen LogP contribution is 2.33. The van der Waals surface area contributed by atoms with Crippen LogP contribution >= 0.6 is 0 Å². The Kier molecular flexibility index (Phi) is 4.08. The predicted octanol–water partition coefficient (Wildman–Crippen LogP) is 2.47. The summed E-state index contributed by atoms with van der Waals surface area (Å²) in [6, 6.07) is 15.7. The first-order valence-electron chi connectivity index (χ1n) is 8.47. The van der Waals surface area contributed by atoms with E-state index >= 15 is 0 Å². The Labute approximate surface area is 141 Å². The first-order valence-corrected chi connectivity index (χ1v) is 8.47. The zero-order valence-corrected chi connectivity index (χ0v) is 13.4. The average Bonchev–Trinajstić information content (AvgIpc) is 2.91. The van der Waals surface area contributed by atoms with Crippen LogP contribution in [-0.2, 0) is 22.4 Å². The zero-order chi connectivity index (χ0) is 16.5. The van der Waals surface area contributed by atoms with Gasteiger partial charge in [-0.15, -0.1) is 0 Å². The van der Waals surface area contributed by atoms with Gasteiger partial charge < -0.3 is 15.2 Å². The number of rotatable bonds is 3. The molecular formula is C20H21NO3. The van der Waals surface area contributed by atoms with Crippen LogP contribution in [0.3, 0.4) is 0 Å². The van der Waals surface area contributed by atoms with Crippen molar-refractivity contribution in [3.8, 4) is 0 Å². The molecule has 4 heteroatoms. The maximum atomic E-state index is 12.5. The molecule has 0 aromatic heterocycles. The Morgan fingerprint density at radius 3 is 2.62 bits per heavy atom. The number of fused-ring (bicyclic) bond motifs is 2. The molecule has 1 heterocycles. The van der Waals surface area contributed by atoms with E-state index in [1.807, 2.05) is 42.5 Å². The van der Waals surface area contributed by atoms with Crippen molar-refractivity contribution >= 4 is 5.91 Å². The topological polar surface area (TPSA) is 58.6 Å². The van der Waals surface area contributed by atoms with E-state index in [-0.39, 0.29) is 24.5 Å². The van der Waals surface area contributed by atoms with Crippen LogP contribution in [0.5, 0.6) is 0 Å². The second kappa shape index (κ2) is 6.38. The standard InChI is InChI=1S/C20H21NO3/c22-17-11-14-6-2-4-8-16(14)20(17)21-19(23)12-18-15-7-3-1-5-13(15)9-10-24-18/h1-8,17-18,20,22H,9-12H2,(H,21,23)/t17-,18?,20+/m1/s1. The molecule has 0 spiro atoms. The monoisotopic (exact) mass is 323 g/mol. The summed E-state index contributed by atoms with van der Waals surface area (Å²) in [7, 11) is 0. The number of nitrogens with one attached hydrogen (secondary N) is 1. The Bertz CT molecular complexity index is 758. The van der Waals surface area contributed by atoms with Gasteiger partial charge in [0.1, 0.15) is 0 Å². The molecule has 4 rings (SSSR count). The van der Waals surface area contributed by atoms with E-state index in [0.717, 1.165) is 23.1 Å². The van der Waals surface area contributed by atoms with Gasteiger partial charge in [0, 0.05) is 6.42 Å². The maximum absolute atomic E-state index is 12.5. The lowest BCUT2D eigenvalue weighted by molar-refractivity contribution is -0.126. The third-order valence-corrected chi connectivity index (χ3v) is 4.98. The molecule has 0 radical (unpaired) electrons. The summed E-state index contributed by atoms with van der Waals surface area (Å²) in [5, 5.41) is 13.3. The van der Waals surface area contributed by atoms with Gasteiger partial charge in [0.05, 0.1) is 31.3 Å². The molecule has 4 nitrogen and oxygen atoms in total. The van der Waals surface area contributed by atoms with Crippen LogP contribution in [0.15, 0.2) is 48.5 Å². The minimum atomic E-state index is -0.564. The largest absolute Gasteiger partial charge is 0.390 e. The molecule has 0 saturated heterocycles. The molecule has 2 aromatic rings. The lowest BCUT2D eigenvalue weighted by Crippen LogP contribution is -2.35. The lowest BCUT2D eigenvalue weighted by Gasteiger charge is -2.26. The van der Waals surface area contributed by atoms with E-state index < -0.39 is 6.10 Å². The van der Waals surface area contributed by atoms with Crippen LogP contribution in [0.25, 0.3) is 0 Å². The van der Waals surface area contributed by atoms with E-state index in [2.05, 4.69) is 11.4 Å². The summed E-state index contributed by atoms with van der Waals surface area (Å²) >= 11 is 0. The Hall–Kier alpha value is -2.17. The first kappa shape index (κ1) is 15.4. The van der Waals surface area contributed by atoms with Crippen LogP contribution in [0.4, 0.5) is 0 Å². The molecule has 1 amide bonds. The summed E-state index contributed by atoms with van der Waals surface area (Å²) in [5.74, 6) is -0.0857. The van der Waals surface area contributed by atoms with Crippen LogP contribution in [0, 0.1) is 0 Å². The van der Waals surface area contributed by atoms with Crippen LogP contribution in [-0.4, -0.2) is 23.7 Å². The molecule has 1 unspecified atom stereocenters. The number of amides is 1. The number of aliphatic hydroxyl groups excluding tert-OH is 1. The van der Waals surface area contributed by atoms with Gasteiger partial charge in [0.25, 0.3) is 0 Å². The minimum absolute atomic E-state index is 0.0857. The molecule has 124 valence electrons. The number of carbonyl (C=O) groups is 1. The number of carbonyl (C=O) groups excluding carboxylic acids is 1. The number of hydrogen-bond donors (Lipinski definition) is 2. The van der Waals surface area contributed by atoms with Crippen molar-refractivity contribution in [2.45, 2.75) is 37.5 Å². The Morgan fingerprint density at radius 1 is 1.08 bits per heavy atom. The van der Waals surface area contributed by atoms with E-state index in [1.165, 1.54) is 5.56 Å². The third kappa shape index (κ3) is 2.83. The fourth-order valence-corrected chi connectivity index (χ4v) is 3.79. The molecule has 24 heavy (non-hydrogen) atoms. The summed E-state index contributed by atoms with van der Waals surface area (Å²) in [6.07, 6.45) is 0.990. The van der Waals surface area contributed by atoms with Crippen LogP contribution in [0.1, 0.15) is 40.8 Å². The molecular weight excluding hydrogens is 302 g/mol. The van der Waals surface area contributed by atoms with Crippen molar-refractivity contribution in [1.82, 2.24) is 5.32 Å². The number of hydrogen-bond acceptors (Lipinski definition) is 3. The lowest BCUT2D eigenvalue weighted by atomic mass is 9.95. The summed E-state index contributed by atoms with van der Waals surface area (Å²) in [5.41, 5.74) is 4.48. The van der Waals surface area contributed by atoms with Crippen molar-refractivity contribution in [1.29, 1.82) is 0 Å². The van der Waals surface area contributed by atoms with Gasteiger partial charge >= 0.3 is 0 Å². The smallest absolute Gasteiger partial charge is 0.223 e. The van der Waals surface area contributed by atoms with Crippen molar-refractivity contribution in [3.05, 3.63) is 70.8 Å². The molecule has 2 N–H and O–H groups in total. The van der Waals surface area contributed by atoms with Gasteiger partial charge in [-0.05, 0) is 28.7 Å². The molecule has 1 aliphatic carbocycles. The minimum Gasteiger partial charge on any atom is -0.390 e. The fourth-order valence-electron chi connectivity index (χ4n) is 3.79. The molecule has 0 saturated carbocycles. The Morgan fingerprint density at radius 2 is 1.79 bits per heavy atom. The SMILES string of the molecule is O=C(CC1OCCc2ccccc21)N[C@H]1c2ccccc2C[C@H]1O. The molecule has 3 atom stereocenters. The fraction of sp³-hybridized carbons (Fsp3) is 0.350. The van der Waals surface area contributed by atoms with Gasteiger partial charge in [0.15, 0.2) is 0 Å². The van der Waals surface area contributed by atoms with E-state index in [0.29, 0.717) is 13.0 Å². The summed E-state index contributed by atoms with van der Waals surface area (Å²) in [4.78, 5) is 12.5. The second-order valence-corrected chi connectivity index (χ2v) is 6.53. The van der Waals surface area contributed by atoms with E-state index in [1.54, 1.807) is 0 Å². The maximum Gasteiger partial charge on any atom is 0.223 e. The van der Waals surface area contributed by atoms with Crippen molar-refractivity contribution in [2.24, 2.45) is 0 Å². The summed E-state index contributed by atoms with van der Waals surface area (Å²) < 4.78 is 5.81. The summed E-state index contributed by atoms with van der Waals surface area (Å²) in [6.45, 7) is 0.643. The Balaban J connectivity index is 1.47. The van der Waals surface area contributed by atoms with Gasteiger partial charge in [0.2, 0.25) is 5.91 Å². The van der Waals surface area contributed by atoms with Crippen LogP contribution in [0.2, 0.25) is 0 Å². The quantitative estimate of drug-likeness (QED) is 0.912. The van der Waals surface area contributed by atoms with E-state index in [4.69, 9.17) is 4.74 Å². The van der Waals surface area contributed by atoms with E-state index in [9.17, 15) is 9.90 Å². The zero-order valence-electron chi connectivity index (χ0n) is 13.4.